The minimum Gasteiger partial charge on any atom is -0.486 e. The van der Waals surface area contributed by atoms with E-state index in [0.717, 1.165) is 13.0 Å². The Kier molecular flexibility index (Phi) is 5.16. The first kappa shape index (κ1) is 25.1. The van der Waals surface area contributed by atoms with Crippen LogP contribution >= 0.6 is 10.2 Å². The molecule has 14 heteroatoms. The van der Waals surface area contributed by atoms with Gasteiger partial charge in [0.05, 0.1) is 23.3 Å². The summed E-state index contributed by atoms with van der Waals surface area (Å²) >= 11 is 0. The molecule has 34 heavy (non-hydrogen) atoms. The predicted octanol–water partition coefficient (Wildman–Crippen LogP) is 6.25. The first-order chi connectivity index (χ1) is 15.3. The second-order valence-electron chi connectivity index (χ2n) is 7.69. The summed E-state index contributed by atoms with van der Waals surface area (Å²) in [5.74, 6) is -1.77. The lowest BCUT2D eigenvalue weighted by Crippen LogP contribution is -2.55. The zero-order valence-electron chi connectivity index (χ0n) is 16.9. The minimum atomic E-state index is -9.96. The molecule has 1 heterocycles. The molecule has 0 aliphatic carbocycles. The maximum atomic E-state index is 13.4. The lowest BCUT2D eigenvalue weighted by Gasteiger charge is -2.40. The second-order valence-corrected chi connectivity index (χ2v) is 10.1. The number of hydrogen-bond acceptors (Lipinski definition) is 4. The quantitative estimate of drug-likeness (QED) is 0.492. The molecule has 2 aromatic rings. The number of amides is 1. The summed E-state index contributed by atoms with van der Waals surface area (Å²) in [4.78, 5) is 10.3. The van der Waals surface area contributed by atoms with Crippen molar-refractivity contribution in [3.8, 4) is 17.9 Å². The monoisotopic (exact) mass is 511 g/mol. The highest BCUT2D eigenvalue weighted by Crippen LogP contribution is 3.02. The highest BCUT2D eigenvalue weighted by Gasteiger charge is 2.65. The van der Waals surface area contributed by atoms with Crippen LogP contribution in [0.5, 0.6) is 5.75 Å². The van der Waals surface area contributed by atoms with Crippen molar-refractivity contribution in [3.63, 3.8) is 0 Å². The van der Waals surface area contributed by atoms with Gasteiger partial charge in [-0.1, -0.05) is 19.4 Å². The second kappa shape index (κ2) is 6.99. The van der Waals surface area contributed by atoms with E-state index >= 15 is 0 Å². The molecule has 0 spiro atoms. The SMILES string of the molecule is CC(C#N)(NC(=O)c1ccc(S(F)(F)(F)(F)F)cc1)C1Cc2cc(C#N)cc(C(F)(F)F)c2O1. The molecule has 1 amide bonds. The van der Waals surface area contributed by atoms with Gasteiger partial charge in [0.25, 0.3) is 5.91 Å². The molecular formula is C20H13F8N3O2S. The highest BCUT2D eigenvalue weighted by molar-refractivity contribution is 8.45. The van der Waals surface area contributed by atoms with E-state index < -0.39 is 55.7 Å². The molecule has 1 aliphatic rings. The average molecular weight is 511 g/mol. The summed E-state index contributed by atoms with van der Waals surface area (Å²) in [6, 6.07) is 5.98. The summed E-state index contributed by atoms with van der Waals surface area (Å²) in [7, 11) is -9.96. The van der Waals surface area contributed by atoms with Gasteiger partial charge in [0.15, 0.2) is 5.54 Å². The van der Waals surface area contributed by atoms with Crippen molar-refractivity contribution in [1.82, 2.24) is 5.32 Å². The standard InChI is InChI=1S/C20H13F8N3O2S/c1-19(10-30,31-18(32)12-2-4-14(5-3-12)34(24,25,26,27)28)16-8-13-6-11(9-29)7-15(17(13)33-16)20(21,22)23/h2-7,16H,8H2,1H3,(H,31,32). The average Bonchev–Trinajstić information content (AvgIpc) is 3.15. The Morgan fingerprint density at radius 3 is 2.15 bits per heavy atom. The van der Waals surface area contributed by atoms with E-state index in [1.807, 2.05) is 0 Å². The molecule has 0 saturated heterocycles. The summed E-state index contributed by atoms with van der Waals surface area (Å²) < 4.78 is 110. The Morgan fingerprint density at radius 1 is 1.09 bits per heavy atom. The van der Waals surface area contributed by atoms with Crippen molar-refractivity contribution in [2.45, 2.75) is 36.1 Å². The van der Waals surface area contributed by atoms with Gasteiger partial charge in [-0.05, 0) is 48.9 Å². The van der Waals surface area contributed by atoms with Crippen molar-refractivity contribution in [2.24, 2.45) is 0 Å². The van der Waals surface area contributed by atoms with Crippen LogP contribution in [0.2, 0.25) is 0 Å². The Balaban J connectivity index is 1.88. The fraction of sp³-hybridized carbons (Fsp3) is 0.250. The number of benzene rings is 2. The van der Waals surface area contributed by atoms with E-state index in [-0.39, 0.29) is 29.7 Å². The third-order valence-corrected chi connectivity index (χ3v) is 6.24. The molecule has 5 nitrogen and oxygen atoms in total. The summed E-state index contributed by atoms with van der Waals surface area (Å²) in [5.41, 5.74) is -4.08. The van der Waals surface area contributed by atoms with E-state index in [0.29, 0.717) is 18.2 Å². The molecule has 0 aromatic heterocycles. The number of nitrogens with zero attached hydrogens (tertiary/aromatic N) is 2. The summed E-state index contributed by atoms with van der Waals surface area (Å²) in [6.07, 6.45) is -6.56. The zero-order chi connectivity index (χ0) is 25.8. The molecule has 0 bridgehead atoms. The number of rotatable bonds is 4. The number of halogens is 8. The summed E-state index contributed by atoms with van der Waals surface area (Å²) in [6.45, 7) is 1.11. The van der Waals surface area contributed by atoms with Gasteiger partial charge < -0.3 is 10.1 Å². The first-order valence-corrected chi connectivity index (χ1v) is 11.1. The fourth-order valence-corrected chi connectivity index (χ4v) is 3.96. The normalized spacial score (nSPS) is 19.3. The van der Waals surface area contributed by atoms with Crippen molar-refractivity contribution in [3.05, 3.63) is 58.7 Å². The molecule has 3 rings (SSSR count). The predicted molar refractivity (Wildman–Crippen MR) is 104 cm³/mol. The van der Waals surface area contributed by atoms with Gasteiger partial charge >= 0.3 is 16.4 Å². The molecule has 2 unspecified atom stereocenters. The van der Waals surface area contributed by atoms with Crippen LogP contribution in [-0.2, 0) is 12.6 Å². The topological polar surface area (TPSA) is 85.9 Å². The van der Waals surface area contributed by atoms with E-state index in [1.165, 1.54) is 0 Å². The number of nitriles is 2. The minimum absolute atomic E-state index is 0.0150. The van der Waals surface area contributed by atoms with E-state index in [9.17, 15) is 42.7 Å². The number of ether oxygens (including phenoxy) is 1. The Hall–Kier alpha value is -3.52. The van der Waals surface area contributed by atoms with Crippen molar-refractivity contribution >= 4 is 16.1 Å². The van der Waals surface area contributed by atoms with Gasteiger partial charge in [-0.15, -0.1) is 0 Å². The van der Waals surface area contributed by atoms with Crippen molar-refractivity contribution in [1.29, 1.82) is 10.5 Å². The van der Waals surface area contributed by atoms with Crippen LogP contribution in [0.25, 0.3) is 0 Å². The van der Waals surface area contributed by atoms with Crippen LogP contribution in [-0.4, -0.2) is 17.6 Å². The van der Waals surface area contributed by atoms with E-state index in [1.54, 1.807) is 12.1 Å². The molecule has 2 atom stereocenters. The molecule has 1 aliphatic heterocycles. The Bertz CT molecular complexity index is 1260. The van der Waals surface area contributed by atoms with Crippen LogP contribution < -0.4 is 10.1 Å². The van der Waals surface area contributed by atoms with Gasteiger partial charge in [0.2, 0.25) is 0 Å². The van der Waals surface area contributed by atoms with Crippen molar-refractivity contribution < 1.29 is 42.1 Å². The number of fused-ring (bicyclic) bond motifs is 1. The van der Waals surface area contributed by atoms with Gasteiger partial charge in [-0.25, -0.2) is 0 Å². The smallest absolute Gasteiger partial charge is 0.420 e. The lowest BCUT2D eigenvalue weighted by molar-refractivity contribution is -0.139. The zero-order valence-corrected chi connectivity index (χ0v) is 17.7. The number of carbonyl (C=O) groups excluding carboxylic acids is 1. The number of nitrogens with one attached hydrogen (secondary N) is 1. The van der Waals surface area contributed by atoms with Crippen molar-refractivity contribution in [2.75, 3.05) is 0 Å². The lowest BCUT2D eigenvalue weighted by atomic mass is 9.91. The van der Waals surface area contributed by atoms with Crippen LogP contribution in [0, 0.1) is 22.7 Å². The molecule has 2 aromatic carbocycles. The van der Waals surface area contributed by atoms with Gasteiger partial charge in [-0.2, -0.15) is 23.7 Å². The molecule has 0 saturated carbocycles. The van der Waals surface area contributed by atoms with E-state index in [2.05, 4.69) is 5.32 Å². The van der Waals surface area contributed by atoms with Crippen LogP contribution in [0.15, 0.2) is 41.3 Å². The van der Waals surface area contributed by atoms with Crippen LogP contribution in [0.3, 0.4) is 0 Å². The van der Waals surface area contributed by atoms with Gasteiger partial charge in [-0.3, -0.25) is 4.79 Å². The van der Waals surface area contributed by atoms with Crippen LogP contribution in [0.4, 0.5) is 32.6 Å². The molecule has 1 N–H and O–H groups in total. The van der Waals surface area contributed by atoms with E-state index in [4.69, 9.17) is 10.00 Å². The highest BCUT2D eigenvalue weighted by atomic mass is 32.5. The first-order valence-electron chi connectivity index (χ1n) is 9.16. The number of alkyl halides is 3. The third kappa shape index (κ3) is 4.87. The number of carbonyl (C=O) groups is 1. The third-order valence-electron chi connectivity index (χ3n) is 5.08. The fourth-order valence-electron chi connectivity index (χ4n) is 3.31. The largest absolute Gasteiger partial charge is 0.486 e. The Labute approximate surface area is 187 Å². The molecular weight excluding hydrogens is 498 g/mol. The van der Waals surface area contributed by atoms with Crippen LogP contribution in [0.1, 0.15) is 34.0 Å². The van der Waals surface area contributed by atoms with Gasteiger partial charge in [0.1, 0.15) is 16.7 Å². The molecule has 0 fully saturated rings. The number of hydrogen-bond donors (Lipinski definition) is 1. The summed E-state index contributed by atoms with van der Waals surface area (Å²) in [5, 5.41) is 20.8. The maximum Gasteiger partial charge on any atom is 0.420 e. The molecule has 182 valence electrons. The van der Waals surface area contributed by atoms with Gasteiger partial charge in [0, 0.05) is 12.0 Å². The molecule has 0 radical (unpaired) electrons. The Morgan fingerprint density at radius 2 is 1.68 bits per heavy atom. The maximum absolute atomic E-state index is 13.4.